The normalized spacial score (nSPS) is 11.2. The van der Waals surface area contributed by atoms with E-state index in [9.17, 15) is 25.0 Å². The molecule has 0 bridgehead atoms. The Morgan fingerprint density at radius 2 is 1.34 bits per heavy atom. The van der Waals surface area contributed by atoms with Crippen molar-refractivity contribution in [3.05, 3.63) is 67.8 Å². The first-order valence-corrected chi connectivity index (χ1v) is 10.9. The van der Waals surface area contributed by atoms with Gasteiger partial charge in [-0.1, -0.05) is 57.5 Å². The number of halogens is 1. The average molecular weight is 509 g/mol. The maximum atomic E-state index is 11.4. The van der Waals surface area contributed by atoms with E-state index in [0.29, 0.717) is 11.4 Å². The van der Waals surface area contributed by atoms with Crippen molar-refractivity contribution in [2.45, 2.75) is 52.4 Å². The van der Waals surface area contributed by atoms with Crippen LogP contribution in [-0.2, 0) is 15.6 Å². The molecule has 0 spiro atoms. The van der Waals surface area contributed by atoms with Crippen molar-refractivity contribution in [1.82, 2.24) is 0 Å². The molecule has 174 valence electrons. The molecule has 0 aliphatic carbocycles. The molecule has 0 heterocycles. The second kappa shape index (κ2) is 10.5. The Bertz CT molecular complexity index is 1010. The minimum absolute atomic E-state index is 0.0344. The Kier molecular flexibility index (Phi) is 8.90. The Balaban J connectivity index is 0.000000330. The number of nitrogens with two attached hydrogens (primary N) is 1. The SMILES string of the molecule is CC(C)(C)c1ccc([N+](=O)[O-])cc1N.CC(C)(C)c1ccc([N+](=O)[O-])cc1NC(=O)CBr. The smallest absolute Gasteiger partial charge is 0.271 e. The van der Waals surface area contributed by atoms with Crippen LogP contribution in [0.2, 0.25) is 0 Å². The van der Waals surface area contributed by atoms with Gasteiger partial charge in [-0.15, -0.1) is 0 Å². The largest absolute Gasteiger partial charge is 0.398 e. The Morgan fingerprint density at radius 1 is 0.906 bits per heavy atom. The predicted molar refractivity (Wildman–Crippen MR) is 130 cm³/mol. The molecule has 1 amide bonds. The Hall–Kier alpha value is -3.01. The first-order chi connectivity index (χ1) is 14.6. The van der Waals surface area contributed by atoms with Gasteiger partial charge in [0.25, 0.3) is 11.4 Å². The highest BCUT2D eigenvalue weighted by Crippen LogP contribution is 2.32. The number of alkyl halides is 1. The number of nitrogen functional groups attached to an aromatic ring is 1. The van der Waals surface area contributed by atoms with Crippen LogP contribution in [0.5, 0.6) is 0 Å². The monoisotopic (exact) mass is 508 g/mol. The fraction of sp³-hybridized carbons (Fsp3) is 0.409. The van der Waals surface area contributed by atoms with Gasteiger partial charge in [0.1, 0.15) is 0 Å². The summed E-state index contributed by atoms with van der Waals surface area (Å²) < 4.78 is 0. The van der Waals surface area contributed by atoms with Gasteiger partial charge in [-0.3, -0.25) is 25.0 Å². The summed E-state index contributed by atoms with van der Waals surface area (Å²) in [6.07, 6.45) is 0. The zero-order valence-corrected chi connectivity index (χ0v) is 20.6. The van der Waals surface area contributed by atoms with Crippen LogP contribution in [0.3, 0.4) is 0 Å². The van der Waals surface area contributed by atoms with Gasteiger partial charge in [-0.2, -0.15) is 0 Å². The van der Waals surface area contributed by atoms with E-state index in [1.165, 1.54) is 24.3 Å². The number of nitro benzene ring substituents is 2. The molecule has 2 aromatic rings. The number of anilines is 2. The minimum atomic E-state index is -0.476. The molecule has 0 fully saturated rings. The molecule has 0 radical (unpaired) electrons. The first-order valence-electron chi connectivity index (χ1n) is 9.77. The second-order valence-electron chi connectivity index (χ2n) is 9.20. The van der Waals surface area contributed by atoms with E-state index < -0.39 is 9.85 Å². The molecule has 0 saturated carbocycles. The van der Waals surface area contributed by atoms with Crippen molar-refractivity contribution in [2.75, 3.05) is 16.4 Å². The molecule has 3 N–H and O–H groups in total. The minimum Gasteiger partial charge on any atom is -0.398 e. The highest BCUT2D eigenvalue weighted by molar-refractivity contribution is 9.09. The van der Waals surface area contributed by atoms with Crippen LogP contribution in [0, 0.1) is 20.2 Å². The van der Waals surface area contributed by atoms with E-state index in [0.717, 1.165) is 11.1 Å². The first kappa shape index (κ1) is 27.0. The zero-order valence-electron chi connectivity index (χ0n) is 19.1. The van der Waals surface area contributed by atoms with Crippen LogP contribution < -0.4 is 11.1 Å². The van der Waals surface area contributed by atoms with E-state index in [4.69, 9.17) is 5.73 Å². The van der Waals surface area contributed by atoms with Gasteiger partial charge in [0, 0.05) is 30.0 Å². The van der Waals surface area contributed by atoms with Gasteiger partial charge in [-0.05, 0) is 34.1 Å². The summed E-state index contributed by atoms with van der Waals surface area (Å²) in [4.78, 5) is 31.7. The third-order valence-electron chi connectivity index (χ3n) is 4.47. The van der Waals surface area contributed by atoms with E-state index >= 15 is 0 Å². The molecule has 2 rings (SSSR count). The predicted octanol–water partition coefficient (Wildman–Crippen LogP) is 5.70. The van der Waals surface area contributed by atoms with Gasteiger partial charge < -0.3 is 11.1 Å². The van der Waals surface area contributed by atoms with Crippen molar-refractivity contribution in [3.8, 4) is 0 Å². The lowest BCUT2D eigenvalue weighted by Crippen LogP contribution is -2.19. The summed E-state index contributed by atoms with van der Waals surface area (Å²) >= 11 is 3.05. The zero-order chi connectivity index (χ0) is 24.9. The molecule has 10 heteroatoms. The molecule has 0 saturated heterocycles. The molecule has 0 unspecified atom stereocenters. The van der Waals surface area contributed by atoms with Crippen LogP contribution >= 0.6 is 15.9 Å². The number of amides is 1. The quantitative estimate of drug-likeness (QED) is 0.234. The van der Waals surface area contributed by atoms with Crippen LogP contribution in [-0.4, -0.2) is 21.1 Å². The van der Waals surface area contributed by atoms with Crippen molar-refractivity contribution in [1.29, 1.82) is 0 Å². The number of nitro groups is 2. The van der Waals surface area contributed by atoms with Crippen molar-refractivity contribution in [3.63, 3.8) is 0 Å². The molecule has 0 aromatic heterocycles. The van der Waals surface area contributed by atoms with E-state index in [-0.39, 0.29) is 33.4 Å². The van der Waals surface area contributed by atoms with Gasteiger partial charge in [0.05, 0.1) is 20.9 Å². The molecule has 0 aliphatic heterocycles. The van der Waals surface area contributed by atoms with Crippen LogP contribution in [0.15, 0.2) is 36.4 Å². The average Bonchev–Trinajstić information content (AvgIpc) is 2.66. The summed E-state index contributed by atoms with van der Waals surface area (Å²) in [5.74, 6) is -0.235. The summed E-state index contributed by atoms with van der Waals surface area (Å²) in [5.41, 5.74) is 8.22. The fourth-order valence-corrected chi connectivity index (χ4v) is 3.07. The van der Waals surface area contributed by atoms with Gasteiger partial charge in [0.2, 0.25) is 5.91 Å². The summed E-state index contributed by atoms with van der Waals surface area (Å²) in [6.45, 7) is 12.0. The molecule has 0 atom stereocenters. The van der Waals surface area contributed by atoms with Crippen molar-refractivity contribution < 1.29 is 14.6 Å². The third-order valence-corrected chi connectivity index (χ3v) is 4.98. The van der Waals surface area contributed by atoms with E-state index in [2.05, 4.69) is 21.2 Å². The fourth-order valence-electron chi connectivity index (χ4n) is 2.93. The summed E-state index contributed by atoms with van der Waals surface area (Å²) in [6, 6.07) is 9.12. The maximum Gasteiger partial charge on any atom is 0.271 e. The van der Waals surface area contributed by atoms with Crippen LogP contribution in [0.25, 0.3) is 0 Å². The van der Waals surface area contributed by atoms with Gasteiger partial charge >= 0.3 is 0 Å². The highest BCUT2D eigenvalue weighted by Gasteiger charge is 2.22. The van der Waals surface area contributed by atoms with Crippen molar-refractivity contribution in [2.24, 2.45) is 0 Å². The summed E-state index contributed by atoms with van der Waals surface area (Å²) in [7, 11) is 0. The Labute approximate surface area is 195 Å². The van der Waals surface area contributed by atoms with Crippen molar-refractivity contribution >= 4 is 44.6 Å². The Morgan fingerprint density at radius 3 is 1.72 bits per heavy atom. The van der Waals surface area contributed by atoms with Crippen LogP contribution in [0.1, 0.15) is 52.7 Å². The number of carbonyl (C=O) groups is 1. The molecular weight excluding hydrogens is 480 g/mol. The van der Waals surface area contributed by atoms with Gasteiger partial charge in [-0.25, -0.2) is 0 Å². The number of benzene rings is 2. The van der Waals surface area contributed by atoms with E-state index in [1.807, 2.05) is 41.5 Å². The number of non-ortho nitro benzene ring substituents is 2. The molecule has 0 aliphatic rings. The highest BCUT2D eigenvalue weighted by atomic mass is 79.9. The summed E-state index contributed by atoms with van der Waals surface area (Å²) in [5, 5.41) is 24.0. The number of nitrogens with zero attached hydrogens (tertiary/aromatic N) is 2. The van der Waals surface area contributed by atoms with Crippen LogP contribution in [0.4, 0.5) is 22.7 Å². The number of carbonyl (C=O) groups excluding carboxylic acids is 1. The second-order valence-corrected chi connectivity index (χ2v) is 9.76. The molecule has 32 heavy (non-hydrogen) atoms. The molecule has 9 nitrogen and oxygen atoms in total. The number of nitrogens with one attached hydrogen (secondary N) is 1. The standard InChI is InChI=1S/C12H15BrN2O3.C10H14N2O2/c1-12(2,3)9-5-4-8(15(17)18)6-10(9)14-11(16)7-13;1-10(2,3)8-5-4-7(12(13)14)6-9(8)11/h4-6H,7H2,1-3H3,(H,14,16);4-6H,11H2,1-3H3. The number of hydrogen-bond acceptors (Lipinski definition) is 6. The number of rotatable bonds is 4. The molecule has 2 aromatic carbocycles. The van der Waals surface area contributed by atoms with Gasteiger partial charge in [0.15, 0.2) is 0 Å². The lowest BCUT2D eigenvalue weighted by atomic mass is 9.85. The maximum absolute atomic E-state index is 11.4. The lowest BCUT2D eigenvalue weighted by molar-refractivity contribution is -0.385. The number of hydrogen-bond donors (Lipinski definition) is 2. The topological polar surface area (TPSA) is 141 Å². The van der Waals surface area contributed by atoms with E-state index in [1.54, 1.807) is 12.1 Å². The molecular formula is C22H29BrN4O5. The third kappa shape index (κ3) is 7.60. The lowest BCUT2D eigenvalue weighted by Gasteiger charge is -2.22.